The largest absolute Gasteiger partial charge is 0.466 e. The molecule has 1 N–H and O–H groups in total. The van der Waals surface area contributed by atoms with E-state index in [1.165, 1.54) is 0 Å². The van der Waals surface area contributed by atoms with Gasteiger partial charge in [-0.15, -0.1) is 0 Å². The predicted octanol–water partition coefficient (Wildman–Crippen LogP) is 3.77. The molecule has 0 radical (unpaired) electrons. The average molecular weight is 371 g/mol. The summed E-state index contributed by atoms with van der Waals surface area (Å²) in [7, 11) is 0. The quantitative estimate of drug-likeness (QED) is 0.809. The van der Waals surface area contributed by atoms with E-state index >= 15 is 0 Å². The number of nitrogens with one attached hydrogen (secondary N) is 1. The number of aromatic nitrogens is 1. The molecule has 1 saturated heterocycles. The molecule has 27 heavy (non-hydrogen) atoms. The Labute approximate surface area is 158 Å². The summed E-state index contributed by atoms with van der Waals surface area (Å²) in [6.07, 6.45) is 2.07. The number of amides is 2. The van der Waals surface area contributed by atoms with Crippen LogP contribution in [0.1, 0.15) is 48.4 Å². The lowest BCUT2D eigenvalue weighted by Crippen LogP contribution is -2.34. The Morgan fingerprint density at radius 1 is 1.30 bits per heavy atom. The number of carbonyl (C=O) groups excluding carboxylic acids is 2. The molecule has 1 aliphatic heterocycles. The fourth-order valence-corrected chi connectivity index (χ4v) is 3.56. The van der Waals surface area contributed by atoms with Gasteiger partial charge in [-0.2, -0.15) is 0 Å². The molecule has 0 spiro atoms. The van der Waals surface area contributed by atoms with Gasteiger partial charge in [-0.05, 0) is 51.3 Å². The number of nitrogens with zero attached hydrogens (tertiary/aromatic N) is 2. The molecule has 0 aliphatic carbocycles. The first kappa shape index (κ1) is 18.9. The number of ether oxygens (including phenoxy) is 1. The molecule has 2 heterocycles. The number of urea groups is 1. The van der Waals surface area contributed by atoms with Crippen LogP contribution in [0.2, 0.25) is 0 Å². The van der Waals surface area contributed by atoms with E-state index < -0.39 is 0 Å². The Kier molecular flexibility index (Phi) is 5.78. The van der Waals surface area contributed by atoms with E-state index in [-0.39, 0.29) is 24.5 Å². The first-order valence-corrected chi connectivity index (χ1v) is 9.24. The number of aryl methyl sites for hydroxylation is 2. The molecule has 144 valence electrons. The van der Waals surface area contributed by atoms with Crippen molar-refractivity contribution in [1.29, 1.82) is 0 Å². The molecular weight excluding hydrogens is 346 g/mol. The Morgan fingerprint density at radius 3 is 2.67 bits per heavy atom. The maximum atomic E-state index is 12.8. The predicted molar refractivity (Wildman–Crippen MR) is 100 cm³/mol. The van der Waals surface area contributed by atoms with E-state index in [0.717, 1.165) is 35.4 Å². The average Bonchev–Trinajstić information content (AvgIpc) is 3.23. The highest BCUT2D eigenvalue weighted by molar-refractivity contribution is 5.90. The van der Waals surface area contributed by atoms with Gasteiger partial charge < -0.3 is 19.5 Å². The number of hydrogen-bond donors (Lipinski definition) is 1. The molecule has 1 aliphatic rings. The Hall–Kier alpha value is -2.83. The topological polar surface area (TPSA) is 84.7 Å². The fourth-order valence-electron chi connectivity index (χ4n) is 3.56. The van der Waals surface area contributed by atoms with Gasteiger partial charge in [0.2, 0.25) is 0 Å². The van der Waals surface area contributed by atoms with Gasteiger partial charge in [0.1, 0.15) is 5.76 Å². The highest BCUT2D eigenvalue weighted by Gasteiger charge is 2.33. The van der Waals surface area contributed by atoms with Crippen LogP contribution >= 0.6 is 0 Å². The standard InChI is InChI=1S/C20H25N3O4/c1-4-26-18(24)12-15-7-9-16(10-8-15)21-20(25)23-11-5-6-17(23)19-13(2)22-27-14(19)3/h7-10,17H,4-6,11-12H2,1-3H3,(H,21,25)/t17-/m0/s1. The van der Waals surface area contributed by atoms with Crippen molar-refractivity contribution in [2.45, 2.75) is 46.1 Å². The zero-order valence-corrected chi connectivity index (χ0v) is 15.9. The summed E-state index contributed by atoms with van der Waals surface area (Å²) in [5.41, 5.74) is 3.38. The highest BCUT2D eigenvalue weighted by Crippen LogP contribution is 2.35. The molecule has 2 amide bonds. The molecule has 1 fully saturated rings. The third kappa shape index (κ3) is 4.30. The summed E-state index contributed by atoms with van der Waals surface area (Å²) in [5, 5.41) is 6.95. The number of hydrogen-bond acceptors (Lipinski definition) is 5. The second kappa shape index (κ2) is 8.24. The van der Waals surface area contributed by atoms with Crippen molar-refractivity contribution in [3.63, 3.8) is 0 Å². The van der Waals surface area contributed by atoms with Crippen LogP contribution in [0.3, 0.4) is 0 Å². The molecule has 7 nitrogen and oxygen atoms in total. The van der Waals surface area contributed by atoms with Gasteiger partial charge in [-0.25, -0.2) is 4.79 Å². The summed E-state index contributed by atoms with van der Waals surface area (Å²) in [4.78, 5) is 26.2. The van der Waals surface area contributed by atoms with Crippen molar-refractivity contribution in [3.05, 3.63) is 46.8 Å². The minimum Gasteiger partial charge on any atom is -0.466 e. The maximum absolute atomic E-state index is 12.8. The van der Waals surface area contributed by atoms with Crippen molar-refractivity contribution in [2.24, 2.45) is 0 Å². The molecule has 1 atom stereocenters. The lowest BCUT2D eigenvalue weighted by molar-refractivity contribution is -0.142. The molecule has 7 heteroatoms. The van der Waals surface area contributed by atoms with Crippen LogP contribution in [-0.4, -0.2) is 35.2 Å². The number of anilines is 1. The van der Waals surface area contributed by atoms with Crippen LogP contribution < -0.4 is 5.32 Å². The second-order valence-electron chi connectivity index (χ2n) is 6.70. The summed E-state index contributed by atoms with van der Waals surface area (Å²) >= 11 is 0. The highest BCUT2D eigenvalue weighted by atomic mass is 16.5. The van der Waals surface area contributed by atoms with Crippen molar-refractivity contribution >= 4 is 17.7 Å². The van der Waals surface area contributed by atoms with Gasteiger partial charge >= 0.3 is 12.0 Å². The minimum absolute atomic E-state index is 0.0145. The van der Waals surface area contributed by atoms with Crippen LogP contribution in [0.5, 0.6) is 0 Å². The Balaban J connectivity index is 1.65. The molecule has 0 unspecified atom stereocenters. The monoisotopic (exact) mass is 371 g/mol. The third-order valence-electron chi connectivity index (χ3n) is 4.79. The van der Waals surface area contributed by atoms with Crippen LogP contribution in [0.4, 0.5) is 10.5 Å². The lowest BCUT2D eigenvalue weighted by Gasteiger charge is -2.25. The summed E-state index contributed by atoms with van der Waals surface area (Å²) in [6.45, 7) is 6.63. The van der Waals surface area contributed by atoms with Gasteiger partial charge in [-0.3, -0.25) is 4.79 Å². The van der Waals surface area contributed by atoms with Crippen LogP contribution in [0.15, 0.2) is 28.8 Å². The summed E-state index contributed by atoms with van der Waals surface area (Å²) in [5.74, 6) is 0.508. The van der Waals surface area contributed by atoms with Gasteiger partial charge in [-0.1, -0.05) is 17.3 Å². The number of rotatable bonds is 5. The smallest absolute Gasteiger partial charge is 0.322 e. The van der Waals surface area contributed by atoms with E-state index in [9.17, 15) is 9.59 Å². The van der Waals surface area contributed by atoms with Crippen LogP contribution in [0.25, 0.3) is 0 Å². The molecular formula is C20H25N3O4. The lowest BCUT2D eigenvalue weighted by atomic mass is 10.0. The Morgan fingerprint density at radius 2 is 2.04 bits per heavy atom. The van der Waals surface area contributed by atoms with Crippen molar-refractivity contribution in [3.8, 4) is 0 Å². The van der Waals surface area contributed by atoms with Crippen LogP contribution in [-0.2, 0) is 16.0 Å². The SMILES string of the molecule is CCOC(=O)Cc1ccc(NC(=O)N2CCC[C@H]2c2c(C)noc2C)cc1. The van der Waals surface area contributed by atoms with Crippen molar-refractivity contribution in [2.75, 3.05) is 18.5 Å². The summed E-state index contributed by atoms with van der Waals surface area (Å²) in [6, 6.07) is 7.08. The molecule has 2 aromatic rings. The van der Waals surface area contributed by atoms with E-state index in [1.807, 2.05) is 30.9 Å². The first-order valence-electron chi connectivity index (χ1n) is 9.24. The maximum Gasteiger partial charge on any atom is 0.322 e. The molecule has 1 aromatic carbocycles. The first-order chi connectivity index (χ1) is 13.0. The van der Waals surface area contributed by atoms with Gasteiger partial charge in [0, 0.05) is 17.8 Å². The van der Waals surface area contributed by atoms with Gasteiger partial charge in [0.05, 0.1) is 24.8 Å². The van der Waals surface area contributed by atoms with E-state index in [0.29, 0.717) is 18.8 Å². The molecule has 0 saturated carbocycles. The third-order valence-corrected chi connectivity index (χ3v) is 4.79. The van der Waals surface area contributed by atoms with E-state index in [2.05, 4.69) is 10.5 Å². The number of benzene rings is 1. The van der Waals surface area contributed by atoms with Gasteiger partial charge in [0.15, 0.2) is 0 Å². The molecule has 0 bridgehead atoms. The van der Waals surface area contributed by atoms with Crippen LogP contribution in [0, 0.1) is 13.8 Å². The zero-order chi connectivity index (χ0) is 19.4. The fraction of sp³-hybridized carbons (Fsp3) is 0.450. The summed E-state index contributed by atoms with van der Waals surface area (Å²) < 4.78 is 10.2. The van der Waals surface area contributed by atoms with Crippen molar-refractivity contribution in [1.82, 2.24) is 10.1 Å². The minimum atomic E-state index is -0.256. The Bertz CT molecular complexity index is 794. The van der Waals surface area contributed by atoms with E-state index in [4.69, 9.17) is 9.26 Å². The molecule has 3 rings (SSSR count). The number of carbonyl (C=O) groups is 2. The number of esters is 1. The van der Waals surface area contributed by atoms with Crippen molar-refractivity contribution < 1.29 is 18.8 Å². The number of likely N-dealkylation sites (tertiary alicyclic amines) is 1. The zero-order valence-electron chi connectivity index (χ0n) is 15.9. The molecule has 1 aromatic heterocycles. The second-order valence-corrected chi connectivity index (χ2v) is 6.70. The van der Waals surface area contributed by atoms with Gasteiger partial charge in [0.25, 0.3) is 0 Å². The normalized spacial score (nSPS) is 16.4. The van der Waals surface area contributed by atoms with E-state index in [1.54, 1.807) is 19.1 Å².